The topological polar surface area (TPSA) is 58.2 Å². The quantitative estimate of drug-likeness (QED) is 0.569. The van der Waals surface area contributed by atoms with Gasteiger partial charge in [0.2, 0.25) is 11.8 Å². The molecule has 82 valence electrons. The number of alkyl halides is 2. The van der Waals surface area contributed by atoms with Crippen molar-refractivity contribution in [2.24, 2.45) is 0 Å². The van der Waals surface area contributed by atoms with Crippen LogP contribution >= 0.6 is 12.6 Å². The van der Waals surface area contributed by atoms with Gasteiger partial charge in [0, 0.05) is 12.7 Å². The fourth-order valence-corrected chi connectivity index (χ4v) is 0.998. The molecule has 2 amide bonds. The average Bonchev–Trinajstić information content (AvgIpc) is 2.09. The maximum Gasteiger partial charge on any atom is 0.255 e. The van der Waals surface area contributed by atoms with Crippen molar-refractivity contribution in [3.05, 3.63) is 0 Å². The second kappa shape index (κ2) is 6.58. The molecule has 0 aromatic rings. The zero-order valence-corrected chi connectivity index (χ0v) is 8.48. The molecule has 0 aliphatic carbocycles. The van der Waals surface area contributed by atoms with E-state index in [1.54, 1.807) is 0 Å². The van der Waals surface area contributed by atoms with Gasteiger partial charge in [-0.3, -0.25) is 9.59 Å². The summed E-state index contributed by atoms with van der Waals surface area (Å²) in [5, 5.41) is 4.27. The summed E-state index contributed by atoms with van der Waals surface area (Å²) in [6.45, 7) is 0.513. The fourth-order valence-electron chi connectivity index (χ4n) is 0.740. The maximum atomic E-state index is 11.7. The molecule has 0 fully saturated rings. The first-order valence-corrected chi connectivity index (χ1v) is 4.54. The number of thiol groups is 1. The molecule has 2 N–H and O–H groups in total. The Morgan fingerprint density at radius 2 is 2.00 bits per heavy atom. The van der Waals surface area contributed by atoms with Crippen molar-refractivity contribution in [3.63, 3.8) is 0 Å². The highest BCUT2D eigenvalue weighted by Gasteiger charge is 2.18. The van der Waals surface area contributed by atoms with E-state index in [9.17, 15) is 18.4 Å². The predicted molar refractivity (Wildman–Crippen MR) is 50.5 cm³/mol. The van der Waals surface area contributed by atoms with E-state index < -0.39 is 30.8 Å². The molecule has 4 nitrogen and oxygen atoms in total. The van der Waals surface area contributed by atoms with E-state index in [2.05, 4.69) is 17.9 Å². The molecule has 0 aliphatic rings. The van der Waals surface area contributed by atoms with Crippen LogP contribution < -0.4 is 10.6 Å². The Morgan fingerprint density at radius 3 is 2.36 bits per heavy atom. The third kappa shape index (κ3) is 5.74. The maximum absolute atomic E-state index is 11.7. The summed E-state index contributed by atoms with van der Waals surface area (Å²) in [4.78, 5) is 21.7. The SMILES string of the molecule is CC(=O)NC(CS)C(=O)NCC(F)F. The van der Waals surface area contributed by atoms with Crippen LogP contribution in [-0.4, -0.2) is 36.6 Å². The Hall–Kier alpha value is -0.850. The van der Waals surface area contributed by atoms with Crippen molar-refractivity contribution in [3.8, 4) is 0 Å². The molecule has 0 heterocycles. The van der Waals surface area contributed by atoms with E-state index in [0.29, 0.717) is 0 Å². The van der Waals surface area contributed by atoms with Gasteiger partial charge in [-0.05, 0) is 0 Å². The Morgan fingerprint density at radius 1 is 1.43 bits per heavy atom. The highest BCUT2D eigenvalue weighted by Crippen LogP contribution is 1.92. The molecule has 0 aliphatic heterocycles. The van der Waals surface area contributed by atoms with Crippen LogP contribution in [0.4, 0.5) is 8.78 Å². The summed E-state index contributed by atoms with van der Waals surface area (Å²) in [5.41, 5.74) is 0. The van der Waals surface area contributed by atoms with Gasteiger partial charge in [-0.25, -0.2) is 8.78 Å². The third-order valence-electron chi connectivity index (χ3n) is 1.31. The van der Waals surface area contributed by atoms with Crippen LogP contribution in [0.15, 0.2) is 0 Å². The van der Waals surface area contributed by atoms with Gasteiger partial charge in [-0.15, -0.1) is 0 Å². The van der Waals surface area contributed by atoms with E-state index in [1.807, 2.05) is 5.32 Å². The van der Waals surface area contributed by atoms with Crippen molar-refractivity contribution < 1.29 is 18.4 Å². The van der Waals surface area contributed by atoms with Crippen molar-refractivity contribution in [2.75, 3.05) is 12.3 Å². The van der Waals surface area contributed by atoms with Crippen molar-refractivity contribution in [1.29, 1.82) is 0 Å². The summed E-state index contributed by atoms with van der Waals surface area (Å²) >= 11 is 3.81. The Balaban J connectivity index is 3.98. The second-order valence-corrected chi connectivity index (χ2v) is 2.94. The standard InChI is InChI=1S/C7H12F2N2O2S/c1-4(12)11-5(3-14)7(13)10-2-6(8)9/h5-6,14H,2-3H2,1H3,(H,10,13)(H,11,12). The highest BCUT2D eigenvalue weighted by molar-refractivity contribution is 7.80. The molecular weight excluding hydrogens is 214 g/mol. The molecule has 0 saturated heterocycles. The van der Waals surface area contributed by atoms with Crippen LogP contribution in [0.1, 0.15) is 6.92 Å². The summed E-state index contributed by atoms with van der Waals surface area (Å²) in [5.74, 6) is -0.999. The molecule has 0 spiro atoms. The molecule has 1 atom stereocenters. The van der Waals surface area contributed by atoms with E-state index in [4.69, 9.17) is 0 Å². The summed E-state index contributed by atoms with van der Waals surface area (Å²) in [6, 6.07) is -0.866. The normalized spacial score (nSPS) is 12.4. The van der Waals surface area contributed by atoms with E-state index >= 15 is 0 Å². The van der Waals surface area contributed by atoms with E-state index in [1.165, 1.54) is 6.92 Å². The molecule has 1 unspecified atom stereocenters. The van der Waals surface area contributed by atoms with Gasteiger partial charge < -0.3 is 10.6 Å². The van der Waals surface area contributed by atoms with Crippen LogP contribution in [0, 0.1) is 0 Å². The van der Waals surface area contributed by atoms with E-state index in [0.717, 1.165) is 0 Å². The lowest BCUT2D eigenvalue weighted by Crippen LogP contribution is -2.48. The molecule has 0 bridgehead atoms. The van der Waals surface area contributed by atoms with Gasteiger partial charge >= 0.3 is 0 Å². The molecular formula is C7H12F2N2O2S. The minimum Gasteiger partial charge on any atom is -0.349 e. The number of hydrogen-bond donors (Lipinski definition) is 3. The largest absolute Gasteiger partial charge is 0.349 e. The van der Waals surface area contributed by atoms with Crippen LogP contribution in [0.25, 0.3) is 0 Å². The van der Waals surface area contributed by atoms with Gasteiger partial charge in [0.1, 0.15) is 6.04 Å². The lowest BCUT2D eigenvalue weighted by molar-refractivity contribution is -0.127. The number of hydrogen-bond acceptors (Lipinski definition) is 3. The Bertz CT molecular complexity index is 214. The fraction of sp³-hybridized carbons (Fsp3) is 0.714. The van der Waals surface area contributed by atoms with Crippen LogP contribution in [0.5, 0.6) is 0 Å². The molecule has 14 heavy (non-hydrogen) atoms. The number of rotatable bonds is 5. The monoisotopic (exact) mass is 226 g/mol. The van der Waals surface area contributed by atoms with Gasteiger partial charge in [0.05, 0.1) is 6.54 Å². The lowest BCUT2D eigenvalue weighted by atomic mass is 10.3. The zero-order valence-electron chi connectivity index (χ0n) is 7.59. The third-order valence-corrected chi connectivity index (χ3v) is 1.67. The second-order valence-electron chi connectivity index (χ2n) is 2.57. The number of nitrogens with one attached hydrogen (secondary N) is 2. The first-order valence-electron chi connectivity index (χ1n) is 3.91. The van der Waals surface area contributed by atoms with Gasteiger partial charge in [0.25, 0.3) is 6.43 Å². The van der Waals surface area contributed by atoms with Gasteiger partial charge in [0.15, 0.2) is 0 Å². The van der Waals surface area contributed by atoms with Gasteiger partial charge in [-0.2, -0.15) is 12.6 Å². The van der Waals surface area contributed by atoms with Crippen LogP contribution in [-0.2, 0) is 9.59 Å². The number of carbonyl (C=O) groups is 2. The zero-order chi connectivity index (χ0) is 11.1. The average molecular weight is 226 g/mol. The summed E-state index contributed by atoms with van der Waals surface area (Å²) in [6.07, 6.45) is -2.60. The van der Waals surface area contributed by atoms with Crippen molar-refractivity contribution in [2.45, 2.75) is 19.4 Å². The predicted octanol–water partition coefficient (Wildman–Crippen LogP) is -0.198. The van der Waals surface area contributed by atoms with E-state index in [-0.39, 0.29) is 5.75 Å². The van der Waals surface area contributed by atoms with Crippen molar-refractivity contribution in [1.82, 2.24) is 10.6 Å². The van der Waals surface area contributed by atoms with Crippen LogP contribution in [0.2, 0.25) is 0 Å². The molecule has 0 aromatic heterocycles. The molecule has 7 heteroatoms. The molecule has 0 radical (unpaired) electrons. The molecule has 0 aromatic carbocycles. The summed E-state index contributed by atoms with van der Waals surface area (Å²) < 4.78 is 23.4. The number of carbonyl (C=O) groups excluding carboxylic acids is 2. The summed E-state index contributed by atoms with van der Waals surface area (Å²) in [7, 11) is 0. The molecule has 0 saturated carbocycles. The Kier molecular flexibility index (Phi) is 6.18. The lowest BCUT2D eigenvalue weighted by Gasteiger charge is -2.14. The van der Waals surface area contributed by atoms with Crippen molar-refractivity contribution >= 4 is 24.4 Å². The van der Waals surface area contributed by atoms with Crippen LogP contribution in [0.3, 0.4) is 0 Å². The number of amides is 2. The first kappa shape index (κ1) is 13.2. The minimum atomic E-state index is -2.60. The first-order chi connectivity index (χ1) is 6.47. The highest BCUT2D eigenvalue weighted by atomic mass is 32.1. The van der Waals surface area contributed by atoms with Gasteiger partial charge in [-0.1, -0.05) is 0 Å². The Labute approximate surface area is 85.8 Å². The molecule has 0 rings (SSSR count). The smallest absolute Gasteiger partial charge is 0.255 e. The minimum absolute atomic E-state index is 0.0641. The number of halogens is 2.